The van der Waals surface area contributed by atoms with Gasteiger partial charge in [-0.15, -0.1) is 0 Å². The molecule has 1 aromatic carbocycles. The van der Waals surface area contributed by atoms with Crippen molar-refractivity contribution >= 4 is 0 Å². The Morgan fingerprint density at radius 1 is 0.913 bits per heavy atom. The van der Waals surface area contributed by atoms with Crippen LogP contribution in [0.1, 0.15) is 22.9 Å². The minimum Gasteiger partial charge on any atom is -0.459 e. The maximum Gasteiger partial charge on any atom is 0.416 e. The second-order valence-electron chi connectivity index (χ2n) is 4.84. The summed E-state index contributed by atoms with van der Waals surface area (Å²) < 4.78 is 82.0. The van der Waals surface area contributed by atoms with E-state index in [0.717, 1.165) is 0 Å². The fourth-order valence-corrected chi connectivity index (χ4v) is 1.92. The minimum absolute atomic E-state index is 0.0172. The SMILES string of the molecule is NCC(N)c1ccc(-c2cc(C(F)(F)F)cc(C(F)(F)F)c2)o1. The molecule has 23 heavy (non-hydrogen) atoms. The van der Waals surface area contributed by atoms with Crippen LogP contribution in [0.5, 0.6) is 0 Å². The Morgan fingerprint density at radius 3 is 1.87 bits per heavy atom. The fraction of sp³-hybridized carbons (Fsp3) is 0.286. The summed E-state index contributed by atoms with van der Waals surface area (Å²) in [6.45, 7) is 0.0172. The molecule has 0 aliphatic carbocycles. The molecule has 0 spiro atoms. The highest BCUT2D eigenvalue weighted by Crippen LogP contribution is 2.39. The molecule has 3 nitrogen and oxygen atoms in total. The van der Waals surface area contributed by atoms with E-state index in [1.807, 2.05) is 0 Å². The lowest BCUT2D eigenvalue weighted by atomic mass is 10.0. The highest BCUT2D eigenvalue weighted by Gasteiger charge is 2.37. The minimum atomic E-state index is -4.92. The number of hydrogen-bond donors (Lipinski definition) is 2. The van der Waals surface area contributed by atoms with Gasteiger partial charge in [-0.25, -0.2) is 0 Å². The molecule has 2 rings (SSSR count). The van der Waals surface area contributed by atoms with Crippen molar-refractivity contribution in [1.82, 2.24) is 0 Å². The molecule has 0 aliphatic heterocycles. The van der Waals surface area contributed by atoms with Crippen molar-refractivity contribution < 1.29 is 30.8 Å². The van der Waals surface area contributed by atoms with Crippen LogP contribution in [-0.4, -0.2) is 6.54 Å². The third kappa shape index (κ3) is 3.85. The van der Waals surface area contributed by atoms with Crippen molar-refractivity contribution in [2.45, 2.75) is 18.4 Å². The van der Waals surface area contributed by atoms with E-state index in [1.54, 1.807) is 0 Å². The standard InChI is InChI=1S/C14H12F6N2O/c15-13(16,17)8-3-7(4-9(5-8)14(18,19)20)11-1-2-12(23-11)10(22)6-21/h1-5,10H,6,21-22H2. The van der Waals surface area contributed by atoms with E-state index in [0.29, 0.717) is 12.1 Å². The average molecular weight is 338 g/mol. The number of alkyl halides is 6. The van der Waals surface area contributed by atoms with Crippen LogP contribution in [0.15, 0.2) is 34.7 Å². The molecular weight excluding hydrogens is 326 g/mol. The third-order valence-electron chi connectivity index (χ3n) is 3.12. The largest absolute Gasteiger partial charge is 0.459 e. The molecular formula is C14H12F6N2O. The number of nitrogens with two attached hydrogens (primary N) is 2. The average Bonchev–Trinajstić information content (AvgIpc) is 2.94. The third-order valence-corrected chi connectivity index (χ3v) is 3.12. The zero-order valence-electron chi connectivity index (χ0n) is 11.5. The van der Waals surface area contributed by atoms with Crippen LogP contribution in [-0.2, 0) is 12.4 Å². The van der Waals surface area contributed by atoms with E-state index in [1.165, 1.54) is 12.1 Å². The molecule has 2 aromatic rings. The van der Waals surface area contributed by atoms with E-state index >= 15 is 0 Å². The molecule has 4 N–H and O–H groups in total. The lowest BCUT2D eigenvalue weighted by Crippen LogP contribution is -2.19. The van der Waals surface area contributed by atoms with Crippen LogP contribution in [0, 0.1) is 0 Å². The Labute approximate surface area is 126 Å². The van der Waals surface area contributed by atoms with Crippen LogP contribution in [0.4, 0.5) is 26.3 Å². The van der Waals surface area contributed by atoms with Crippen LogP contribution >= 0.6 is 0 Å². The monoisotopic (exact) mass is 338 g/mol. The molecule has 9 heteroatoms. The predicted molar refractivity (Wildman–Crippen MR) is 70.1 cm³/mol. The van der Waals surface area contributed by atoms with Gasteiger partial charge in [0.25, 0.3) is 0 Å². The van der Waals surface area contributed by atoms with Gasteiger partial charge in [0.2, 0.25) is 0 Å². The number of benzene rings is 1. The lowest BCUT2D eigenvalue weighted by Gasteiger charge is -2.13. The van der Waals surface area contributed by atoms with Gasteiger partial charge in [0.1, 0.15) is 11.5 Å². The second-order valence-corrected chi connectivity index (χ2v) is 4.84. The Morgan fingerprint density at radius 2 is 1.43 bits per heavy atom. The normalized spacial score (nSPS) is 14.1. The van der Waals surface area contributed by atoms with E-state index in [4.69, 9.17) is 15.9 Å². The van der Waals surface area contributed by atoms with Crippen molar-refractivity contribution in [2.75, 3.05) is 6.54 Å². The molecule has 0 amide bonds. The summed E-state index contributed by atoms with van der Waals surface area (Å²) in [5, 5.41) is 0. The zero-order chi connectivity index (χ0) is 17.4. The molecule has 1 aromatic heterocycles. The quantitative estimate of drug-likeness (QED) is 0.833. The summed E-state index contributed by atoms with van der Waals surface area (Å²) in [4.78, 5) is 0. The second kappa shape index (κ2) is 5.89. The fourth-order valence-electron chi connectivity index (χ4n) is 1.92. The van der Waals surface area contributed by atoms with Gasteiger partial charge in [-0.3, -0.25) is 0 Å². The van der Waals surface area contributed by atoms with Crippen LogP contribution in [0.2, 0.25) is 0 Å². The van der Waals surface area contributed by atoms with Crippen molar-refractivity contribution in [3.05, 3.63) is 47.2 Å². The Balaban J connectivity index is 2.55. The smallest absolute Gasteiger partial charge is 0.416 e. The van der Waals surface area contributed by atoms with E-state index in [9.17, 15) is 26.3 Å². The molecule has 0 radical (unpaired) electrons. The first-order valence-electron chi connectivity index (χ1n) is 6.37. The van der Waals surface area contributed by atoms with Crippen molar-refractivity contribution in [3.63, 3.8) is 0 Å². The lowest BCUT2D eigenvalue weighted by molar-refractivity contribution is -0.143. The van der Waals surface area contributed by atoms with Crippen molar-refractivity contribution in [3.8, 4) is 11.3 Å². The number of hydrogen-bond acceptors (Lipinski definition) is 3. The first-order valence-corrected chi connectivity index (χ1v) is 6.37. The van der Waals surface area contributed by atoms with Gasteiger partial charge in [0, 0.05) is 12.1 Å². The van der Waals surface area contributed by atoms with Crippen molar-refractivity contribution in [1.29, 1.82) is 0 Å². The summed E-state index contributed by atoms with van der Waals surface area (Å²) in [6, 6.07) is 3.15. The van der Waals surface area contributed by atoms with Gasteiger partial charge in [-0.05, 0) is 30.3 Å². The highest BCUT2D eigenvalue weighted by atomic mass is 19.4. The molecule has 1 unspecified atom stereocenters. The van der Waals surface area contributed by atoms with E-state index < -0.39 is 29.5 Å². The maximum atomic E-state index is 12.8. The topological polar surface area (TPSA) is 65.2 Å². The van der Waals surface area contributed by atoms with E-state index in [2.05, 4.69) is 0 Å². The summed E-state index contributed by atoms with van der Waals surface area (Å²) >= 11 is 0. The number of rotatable bonds is 3. The molecule has 1 atom stereocenters. The Hall–Kier alpha value is -2.00. The predicted octanol–water partition coefficient (Wildman–Crippen LogP) is 3.94. The van der Waals surface area contributed by atoms with Crippen LogP contribution in [0.25, 0.3) is 11.3 Å². The Bertz CT molecular complexity index is 657. The van der Waals surface area contributed by atoms with Gasteiger partial charge in [-0.2, -0.15) is 26.3 Å². The highest BCUT2D eigenvalue weighted by molar-refractivity contribution is 5.61. The summed E-state index contributed by atoms with van der Waals surface area (Å²) in [5.74, 6) is 0.0222. The van der Waals surface area contributed by atoms with Crippen molar-refractivity contribution in [2.24, 2.45) is 11.5 Å². The summed E-state index contributed by atoms with van der Waals surface area (Å²) in [7, 11) is 0. The van der Waals surface area contributed by atoms with Crippen LogP contribution in [0.3, 0.4) is 0 Å². The van der Waals surface area contributed by atoms with Gasteiger partial charge in [0.05, 0.1) is 17.2 Å². The summed E-state index contributed by atoms with van der Waals surface area (Å²) in [5.41, 5.74) is 7.77. The van der Waals surface area contributed by atoms with Crippen LogP contribution < -0.4 is 11.5 Å². The molecule has 0 bridgehead atoms. The molecule has 1 heterocycles. The number of halogens is 6. The number of furan rings is 1. The van der Waals surface area contributed by atoms with Gasteiger partial charge >= 0.3 is 12.4 Å². The Kier molecular flexibility index (Phi) is 4.45. The molecule has 0 aliphatic rings. The summed E-state index contributed by atoms with van der Waals surface area (Å²) in [6.07, 6.45) is -9.84. The van der Waals surface area contributed by atoms with Gasteiger partial charge < -0.3 is 15.9 Å². The van der Waals surface area contributed by atoms with Gasteiger partial charge in [-0.1, -0.05) is 0 Å². The molecule has 0 saturated carbocycles. The zero-order valence-corrected chi connectivity index (χ0v) is 11.5. The van der Waals surface area contributed by atoms with Gasteiger partial charge in [0.15, 0.2) is 0 Å². The molecule has 0 fully saturated rings. The maximum absolute atomic E-state index is 12.8. The molecule has 0 saturated heterocycles. The van der Waals surface area contributed by atoms with E-state index in [-0.39, 0.29) is 29.7 Å². The first-order chi connectivity index (χ1) is 10.5. The molecule has 126 valence electrons. The first kappa shape index (κ1) is 17.4.